The number of hydrogen-bond acceptors (Lipinski definition) is 2. The van der Waals surface area contributed by atoms with Gasteiger partial charge in [-0.2, -0.15) is 0 Å². The van der Waals surface area contributed by atoms with Crippen LogP contribution in [0.5, 0.6) is 0 Å². The molecule has 0 aliphatic carbocycles. The maximum absolute atomic E-state index is 11.6. The highest BCUT2D eigenvalue weighted by Gasteiger charge is 2.02. The van der Waals surface area contributed by atoms with E-state index < -0.39 is 0 Å². The van der Waals surface area contributed by atoms with E-state index >= 15 is 0 Å². The van der Waals surface area contributed by atoms with Gasteiger partial charge >= 0.3 is 0 Å². The van der Waals surface area contributed by atoms with Crippen LogP contribution in [0.25, 0.3) is 0 Å². The molecule has 3 nitrogen and oxygen atoms in total. The highest BCUT2D eigenvalue weighted by Crippen LogP contribution is 2.05. The number of aryl methyl sites for hydroxylation is 1. The van der Waals surface area contributed by atoms with Gasteiger partial charge in [0.05, 0.1) is 0 Å². The molecule has 0 bridgehead atoms. The number of hydrogen-bond donors (Lipinski definition) is 2. The molecule has 0 fully saturated rings. The van der Waals surface area contributed by atoms with E-state index in [1.165, 1.54) is 24.0 Å². The number of nitrogens with one attached hydrogen (secondary N) is 2. The molecule has 0 saturated heterocycles. The van der Waals surface area contributed by atoms with Crippen LogP contribution >= 0.6 is 0 Å². The molecule has 100 valence electrons. The molecular formula is C15H24N2O. The lowest BCUT2D eigenvalue weighted by Gasteiger charge is -2.08. The van der Waals surface area contributed by atoms with Gasteiger partial charge in [0, 0.05) is 19.5 Å². The molecule has 1 amide bonds. The van der Waals surface area contributed by atoms with E-state index in [-0.39, 0.29) is 5.91 Å². The highest BCUT2D eigenvalue weighted by molar-refractivity contribution is 5.76. The number of amides is 1. The Bertz CT molecular complexity index is 363. The molecule has 1 rings (SSSR count). The maximum Gasteiger partial charge on any atom is 0.221 e. The van der Waals surface area contributed by atoms with Crippen molar-refractivity contribution in [3.63, 3.8) is 0 Å². The van der Waals surface area contributed by atoms with Gasteiger partial charge in [-0.1, -0.05) is 37.6 Å². The first kappa shape index (κ1) is 14.7. The molecule has 0 unspecified atom stereocenters. The van der Waals surface area contributed by atoms with Gasteiger partial charge in [-0.15, -0.1) is 0 Å². The van der Waals surface area contributed by atoms with Crippen LogP contribution in [0.1, 0.15) is 37.3 Å². The van der Waals surface area contributed by atoms with Crippen molar-refractivity contribution in [1.29, 1.82) is 0 Å². The van der Waals surface area contributed by atoms with Crippen LogP contribution in [-0.2, 0) is 11.3 Å². The third kappa shape index (κ3) is 5.82. The topological polar surface area (TPSA) is 41.1 Å². The first-order chi connectivity index (χ1) is 8.74. The number of carbonyl (C=O) groups is 1. The summed E-state index contributed by atoms with van der Waals surface area (Å²) in [5, 5.41) is 6.22. The summed E-state index contributed by atoms with van der Waals surface area (Å²) < 4.78 is 0. The number of benzene rings is 1. The molecule has 0 radical (unpaired) electrons. The minimum absolute atomic E-state index is 0.113. The van der Waals surface area contributed by atoms with Gasteiger partial charge in [0.1, 0.15) is 0 Å². The van der Waals surface area contributed by atoms with Crippen molar-refractivity contribution in [3.05, 3.63) is 35.4 Å². The number of carbonyl (C=O) groups excluding carboxylic acids is 1. The van der Waals surface area contributed by atoms with Crippen LogP contribution in [0.4, 0.5) is 0 Å². The van der Waals surface area contributed by atoms with Crippen LogP contribution in [0, 0.1) is 6.92 Å². The van der Waals surface area contributed by atoms with Crippen molar-refractivity contribution in [2.24, 2.45) is 0 Å². The summed E-state index contributed by atoms with van der Waals surface area (Å²) in [5.41, 5.74) is 2.41. The molecular weight excluding hydrogens is 224 g/mol. The highest BCUT2D eigenvalue weighted by atomic mass is 16.1. The molecule has 1 aromatic carbocycles. The van der Waals surface area contributed by atoms with Gasteiger partial charge in [-0.3, -0.25) is 4.79 Å². The van der Waals surface area contributed by atoms with E-state index in [2.05, 4.69) is 36.6 Å². The monoisotopic (exact) mass is 248 g/mol. The van der Waals surface area contributed by atoms with E-state index in [9.17, 15) is 4.79 Å². The second kappa shape index (κ2) is 8.70. The van der Waals surface area contributed by atoms with Crippen LogP contribution in [0.2, 0.25) is 0 Å². The molecule has 0 saturated carbocycles. The zero-order chi connectivity index (χ0) is 13.2. The van der Waals surface area contributed by atoms with Gasteiger partial charge in [0.25, 0.3) is 0 Å². The smallest absolute Gasteiger partial charge is 0.221 e. The zero-order valence-electron chi connectivity index (χ0n) is 11.5. The molecule has 3 heteroatoms. The molecule has 0 aliphatic heterocycles. The second-order valence-electron chi connectivity index (χ2n) is 4.56. The molecule has 0 spiro atoms. The average Bonchev–Trinajstić information content (AvgIpc) is 2.37. The minimum atomic E-state index is 0.113. The number of unbranched alkanes of at least 4 members (excludes halogenated alkanes) is 1. The van der Waals surface area contributed by atoms with Crippen LogP contribution in [-0.4, -0.2) is 19.0 Å². The Labute approximate surface area is 110 Å². The standard InChI is InChI=1S/C15H24N2O/c1-3-4-10-16-11-9-15(18)17-12-14-8-6-5-7-13(14)2/h5-8,16H,3-4,9-12H2,1-2H3,(H,17,18). The minimum Gasteiger partial charge on any atom is -0.352 e. The van der Waals surface area contributed by atoms with Crippen molar-refractivity contribution >= 4 is 5.91 Å². The van der Waals surface area contributed by atoms with Gasteiger partial charge in [0.2, 0.25) is 5.91 Å². The summed E-state index contributed by atoms with van der Waals surface area (Å²) in [6, 6.07) is 8.13. The Hall–Kier alpha value is -1.35. The third-order valence-electron chi connectivity index (χ3n) is 2.97. The average molecular weight is 248 g/mol. The van der Waals surface area contributed by atoms with Crippen LogP contribution in [0.15, 0.2) is 24.3 Å². The van der Waals surface area contributed by atoms with Crippen molar-refractivity contribution in [3.8, 4) is 0 Å². The lowest BCUT2D eigenvalue weighted by Crippen LogP contribution is -2.27. The van der Waals surface area contributed by atoms with Crippen LogP contribution < -0.4 is 10.6 Å². The largest absolute Gasteiger partial charge is 0.352 e. The predicted octanol–water partition coefficient (Wildman–Crippen LogP) is 2.39. The van der Waals surface area contributed by atoms with E-state index in [0.717, 1.165) is 13.1 Å². The van der Waals surface area contributed by atoms with Gasteiger partial charge in [-0.25, -0.2) is 0 Å². The molecule has 0 heterocycles. The first-order valence-electron chi connectivity index (χ1n) is 6.76. The molecule has 0 aliphatic rings. The Morgan fingerprint density at radius 1 is 1.22 bits per heavy atom. The Morgan fingerprint density at radius 2 is 2.00 bits per heavy atom. The van der Waals surface area contributed by atoms with Crippen molar-refractivity contribution in [2.45, 2.75) is 39.7 Å². The summed E-state index contributed by atoms with van der Waals surface area (Å²) in [7, 11) is 0. The first-order valence-corrected chi connectivity index (χ1v) is 6.76. The summed E-state index contributed by atoms with van der Waals surface area (Å²) in [5.74, 6) is 0.113. The Kier molecular flexibility index (Phi) is 7.11. The maximum atomic E-state index is 11.6. The van der Waals surface area contributed by atoms with Crippen molar-refractivity contribution < 1.29 is 4.79 Å². The molecule has 2 N–H and O–H groups in total. The second-order valence-corrected chi connectivity index (χ2v) is 4.56. The lowest BCUT2D eigenvalue weighted by atomic mass is 10.1. The summed E-state index contributed by atoms with van der Waals surface area (Å²) >= 11 is 0. The SMILES string of the molecule is CCCCNCCC(=O)NCc1ccccc1C. The Morgan fingerprint density at radius 3 is 2.72 bits per heavy atom. The molecule has 0 aromatic heterocycles. The fourth-order valence-electron chi connectivity index (χ4n) is 1.72. The molecule has 18 heavy (non-hydrogen) atoms. The number of rotatable bonds is 8. The van der Waals surface area contributed by atoms with Crippen LogP contribution in [0.3, 0.4) is 0 Å². The summed E-state index contributed by atoms with van der Waals surface area (Å²) in [6.07, 6.45) is 2.91. The normalized spacial score (nSPS) is 10.3. The van der Waals surface area contributed by atoms with Crippen molar-refractivity contribution in [2.75, 3.05) is 13.1 Å². The van der Waals surface area contributed by atoms with E-state index in [1.807, 2.05) is 12.1 Å². The predicted molar refractivity (Wildman–Crippen MR) is 75.4 cm³/mol. The lowest BCUT2D eigenvalue weighted by molar-refractivity contribution is -0.121. The molecule has 1 aromatic rings. The Balaban J connectivity index is 2.15. The quantitative estimate of drug-likeness (QED) is 0.694. The van der Waals surface area contributed by atoms with Gasteiger partial charge < -0.3 is 10.6 Å². The van der Waals surface area contributed by atoms with E-state index in [1.54, 1.807) is 0 Å². The summed E-state index contributed by atoms with van der Waals surface area (Å²) in [4.78, 5) is 11.6. The summed E-state index contributed by atoms with van der Waals surface area (Å²) in [6.45, 7) is 6.62. The van der Waals surface area contributed by atoms with Crippen molar-refractivity contribution in [1.82, 2.24) is 10.6 Å². The van der Waals surface area contributed by atoms with Gasteiger partial charge in [0.15, 0.2) is 0 Å². The zero-order valence-corrected chi connectivity index (χ0v) is 11.5. The fourth-order valence-corrected chi connectivity index (χ4v) is 1.72. The van der Waals surface area contributed by atoms with E-state index in [4.69, 9.17) is 0 Å². The third-order valence-corrected chi connectivity index (χ3v) is 2.97. The van der Waals surface area contributed by atoms with E-state index in [0.29, 0.717) is 13.0 Å². The van der Waals surface area contributed by atoms with Gasteiger partial charge in [-0.05, 0) is 31.0 Å². The molecule has 0 atom stereocenters. The fraction of sp³-hybridized carbons (Fsp3) is 0.533.